The Kier molecular flexibility index (Phi) is 9.66. The standard InChI is InChI=1S/C18H23NO5.C17H23NO5/c1-18(2,3)24-17(22)19-6-7-23-15-9-13-11(8-14(15)19)4-5-12(10-20)16(13)21;1-17(2,3)23-16(21)18-6-7-22-14-9-11-10(8-12(14)18)4-5-13(19)15(11)20/h4-5,10,14-15,21H,6-9H2,1-3H3;4-5,12,14,19-20H,6-9H2,1-3H3/t14-,15-;12-,14-/m11/s1. The number of aldehydes is 1. The Morgan fingerprint density at radius 3 is 1.62 bits per heavy atom. The Balaban J connectivity index is 0.000000185. The summed E-state index contributed by atoms with van der Waals surface area (Å²) in [6.45, 7) is 12.9. The van der Waals surface area contributed by atoms with Crippen LogP contribution in [0.1, 0.15) is 74.2 Å². The third-order valence-electron chi connectivity index (χ3n) is 8.81. The SMILES string of the molecule is CC(C)(C)OC(=O)N1CCO[C@@H]2Cc3c(ccc(C=O)c3O)C[C@H]21.CC(C)(C)OC(=O)N1CCO[C@@H]2Cc3c(ccc(O)c3O)C[C@H]21. The Morgan fingerprint density at radius 2 is 1.17 bits per heavy atom. The maximum atomic E-state index is 12.5. The number of rotatable bonds is 1. The molecule has 256 valence electrons. The van der Waals surface area contributed by atoms with E-state index in [1.807, 2.05) is 47.6 Å². The van der Waals surface area contributed by atoms with Gasteiger partial charge in [0.1, 0.15) is 17.0 Å². The number of morpholine rings is 2. The van der Waals surface area contributed by atoms with E-state index in [4.69, 9.17) is 18.9 Å². The van der Waals surface area contributed by atoms with Crippen LogP contribution in [0, 0.1) is 0 Å². The molecule has 2 fully saturated rings. The average molecular weight is 655 g/mol. The molecule has 2 aliphatic carbocycles. The fourth-order valence-electron chi connectivity index (χ4n) is 6.68. The maximum Gasteiger partial charge on any atom is 0.410 e. The van der Waals surface area contributed by atoms with E-state index >= 15 is 0 Å². The number of amides is 2. The molecule has 2 aromatic rings. The van der Waals surface area contributed by atoms with Gasteiger partial charge in [0.05, 0.1) is 43.1 Å². The van der Waals surface area contributed by atoms with Crippen LogP contribution in [0.15, 0.2) is 24.3 Å². The summed E-state index contributed by atoms with van der Waals surface area (Å²) in [7, 11) is 0. The second-order valence-corrected chi connectivity index (χ2v) is 14.4. The molecule has 2 aromatic carbocycles. The van der Waals surface area contributed by atoms with E-state index in [-0.39, 0.29) is 59.3 Å². The van der Waals surface area contributed by atoms with Crippen LogP contribution in [-0.2, 0) is 44.6 Å². The molecule has 2 heterocycles. The van der Waals surface area contributed by atoms with Crippen molar-refractivity contribution in [3.8, 4) is 17.2 Å². The first-order valence-electron chi connectivity index (χ1n) is 16.1. The Morgan fingerprint density at radius 1 is 0.723 bits per heavy atom. The smallest absolute Gasteiger partial charge is 0.410 e. The Hall–Kier alpha value is -4.03. The Labute approximate surface area is 275 Å². The normalized spacial score (nSPS) is 23.5. The van der Waals surface area contributed by atoms with Crippen molar-refractivity contribution in [3.63, 3.8) is 0 Å². The minimum Gasteiger partial charge on any atom is -0.507 e. The summed E-state index contributed by atoms with van der Waals surface area (Å²) in [5.41, 5.74) is 2.52. The largest absolute Gasteiger partial charge is 0.507 e. The number of phenolic OH excluding ortho intramolecular Hbond substituents is 3. The van der Waals surface area contributed by atoms with E-state index in [9.17, 15) is 29.7 Å². The van der Waals surface area contributed by atoms with Gasteiger partial charge in [-0.3, -0.25) is 14.6 Å². The number of fused-ring (bicyclic) bond motifs is 4. The molecular formula is C35H46N2O10. The fraction of sp³-hybridized carbons (Fsp3) is 0.571. The van der Waals surface area contributed by atoms with Crippen molar-refractivity contribution in [3.05, 3.63) is 52.1 Å². The third kappa shape index (κ3) is 7.59. The van der Waals surface area contributed by atoms with Crippen molar-refractivity contribution in [1.29, 1.82) is 0 Å². The summed E-state index contributed by atoms with van der Waals surface area (Å²) >= 11 is 0. The minimum atomic E-state index is -0.547. The molecule has 0 unspecified atom stereocenters. The molecule has 4 aliphatic rings. The molecule has 2 amide bonds. The molecule has 0 spiro atoms. The number of ether oxygens (including phenoxy) is 4. The summed E-state index contributed by atoms with van der Waals surface area (Å²) in [6, 6.07) is 6.50. The Bertz CT molecular complexity index is 1510. The first-order valence-corrected chi connectivity index (χ1v) is 16.1. The highest BCUT2D eigenvalue weighted by Crippen LogP contribution is 2.39. The van der Waals surface area contributed by atoms with Gasteiger partial charge >= 0.3 is 12.2 Å². The van der Waals surface area contributed by atoms with Crippen molar-refractivity contribution < 1.29 is 48.7 Å². The fourth-order valence-corrected chi connectivity index (χ4v) is 6.68. The van der Waals surface area contributed by atoms with E-state index in [0.717, 1.165) is 16.7 Å². The van der Waals surface area contributed by atoms with Gasteiger partial charge in [0.2, 0.25) is 0 Å². The highest BCUT2D eigenvalue weighted by molar-refractivity contribution is 5.80. The van der Waals surface area contributed by atoms with Crippen molar-refractivity contribution in [2.45, 2.75) is 103 Å². The van der Waals surface area contributed by atoms with Crippen molar-refractivity contribution in [1.82, 2.24) is 9.80 Å². The molecule has 0 saturated carbocycles. The average Bonchev–Trinajstić information content (AvgIpc) is 3.00. The van der Waals surface area contributed by atoms with Crippen LogP contribution >= 0.6 is 0 Å². The zero-order valence-corrected chi connectivity index (χ0v) is 27.9. The molecule has 6 rings (SSSR count). The molecule has 2 aliphatic heterocycles. The predicted molar refractivity (Wildman–Crippen MR) is 171 cm³/mol. The van der Waals surface area contributed by atoms with E-state index in [1.54, 1.807) is 21.9 Å². The van der Waals surface area contributed by atoms with Gasteiger partial charge in [0, 0.05) is 37.1 Å². The van der Waals surface area contributed by atoms with Gasteiger partial charge in [-0.2, -0.15) is 0 Å². The molecule has 47 heavy (non-hydrogen) atoms. The number of hydrogen-bond donors (Lipinski definition) is 3. The molecule has 12 heteroatoms. The second-order valence-electron chi connectivity index (χ2n) is 14.4. The van der Waals surface area contributed by atoms with Crippen LogP contribution in [0.2, 0.25) is 0 Å². The van der Waals surface area contributed by atoms with E-state index in [0.29, 0.717) is 63.8 Å². The monoisotopic (exact) mass is 654 g/mol. The van der Waals surface area contributed by atoms with E-state index < -0.39 is 11.2 Å². The maximum absolute atomic E-state index is 12.5. The van der Waals surface area contributed by atoms with Gasteiger partial charge in [-0.15, -0.1) is 0 Å². The van der Waals surface area contributed by atoms with Crippen molar-refractivity contribution in [2.75, 3.05) is 26.3 Å². The first-order chi connectivity index (χ1) is 22.1. The molecule has 2 saturated heterocycles. The minimum absolute atomic E-state index is 0.0268. The number of phenols is 3. The number of carbonyl (C=O) groups is 3. The van der Waals surface area contributed by atoms with Gasteiger partial charge in [-0.25, -0.2) is 9.59 Å². The van der Waals surface area contributed by atoms with Gasteiger partial charge in [0.15, 0.2) is 17.8 Å². The molecule has 0 aromatic heterocycles. The lowest BCUT2D eigenvalue weighted by molar-refractivity contribution is -0.0784. The zero-order chi connectivity index (χ0) is 34.3. The predicted octanol–water partition coefficient (Wildman–Crippen LogP) is 4.51. The lowest BCUT2D eigenvalue weighted by Gasteiger charge is -2.44. The van der Waals surface area contributed by atoms with Gasteiger partial charge < -0.3 is 34.3 Å². The van der Waals surface area contributed by atoms with Crippen LogP contribution in [0.25, 0.3) is 0 Å². The number of carbonyl (C=O) groups excluding carboxylic acids is 3. The van der Waals surface area contributed by atoms with Crippen LogP contribution in [-0.4, -0.2) is 105 Å². The number of benzene rings is 2. The quantitative estimate of drug-likeness (QED) is 0.296. The first kappa shape index (κ1) is 34.3. The molecule has 12 nitrogen and oxygen atoms in total. The van der Waals surface area contributed by atoms with E-state index in [2.05, 4.69) is 0 Å². The summed E-state index contributed by atoms with van der Waals surface area (Å²) in [4.78, 5) is 39.4. The number of aromatic hydroxyl groups is 3. The number of hydrogen-bond acceptors (Lipinski definition) is 10. The summed E-state index contributed by atoms with van der Waals surface area (Å²) < 4.78 is 22.6. The molecule has 0 radical (unpaired) electrons. The highest BCUT2D eigenvalue weighted by atomic mass is 16.6. The summed E-state index contributed by atoms with van der Waals surface area (Å²) in [5.74, 6) is -0.181. The molecule has 4 atom stereocenters. The van der Waals surface area contributed by atoms with Crippen molar-refractivity contribution >= 4 is 18.5 Å². The van der Waals surface area contributed by atoms with Gasteiger partial charge in [0.25, 0.3) is 0 Å². The lowest BCUT2D eigenvalue weighted by Crippen LogP contribution is -2.57. The molecular weight excluding hydrogens is 608 g/mol. The van der Waals surface area contributed by atoms with Crippen molar-refractivity contribution in [2.24, 2.45) is 0 Å². The van der Waals surface area contributed by atoms with Gasteiger partial charge in [-0.05, 0) is 77.6 Å². The topological polar surface area (TPSA) is 155 Å². The van der Waals surface area contributed by atoms with E-state index in [1.165, 1.54) is 6.07 Å². The molecule has 3 N–H and O–H groups in total. The summed E-state index contributed by atoms with van der Waals surface area (Å²) in [5, 5.41) is 30.0. The number of nitrogens with zero attached hydrogens (tertiary/aromatic N) is 2. The summed E-state index contributed by atoms with van der Waals surface area (Å²) in [6.07, 6.45) is 1.69. The zero-order valence-electron chi connectivity index (χ0n) is 27.9. The van der Waals surface area contributed by atoms with Crippen LogP contribution in [0.3, 0.4) is 0 Å². The lowest BCUT2D eigenvalue weighted by atomic mass is 9.83. The van der Waals surface area contributed by atoms with Crippen LogP contribution < -0.4 is 0 Å². The molecule has 0 bridgehead atoms. The highest BCUT2D eigenvalue weighted by Gasteiger charge is 2.42. The van der Waals surface area contributed by atoms with Gasteiger partial charge in [-0.1, -0.05) is 12.1 Å². The van der Waals surface area contributed by atoms with Crippen LogP contribution in [0.5, 0.6) is 17.2 Å². The third-order valence-corrected chi connectivity index (χ3v) is 8.81. The van der Waals surface area contributed by atoms with Crippen LogP contribution in [0.4, 0.5) is 9.59 Å². The second kappa shape index (κ2) is 13.2.